The van der Waals surface area contributed by atoms with Gasteiger partial charge in [-0.15, -0.1) is 0 Å². The van der Waals surface area contributed by atoms with E-state index in [2.05, 4.69) is 5.32 Å². The molecule has 0 heterocycles. The summed E-state index contributed by atoms with van der Waals surface area (Å²) in [5.74, 6) is -2.11. The van der Waals surface area contributed by atoms with E-state index in [4.69, 9.17) is 0 Å². The van der Waals surface area contributed by atoms with Gasteiger partial charge in [-0.2, -0.15) is 13.2 Å². The number of halogens is 3. The van der Waals surface area contributed by atoms with Gasteiger partial charge >= 0.3 is 12.1 Å². The van der Waals surface area contributed by atoms with Gasteiger partial charge in [0.25, 0.3) is 0 Å². The number of aryl methyl sites for hydroxylation is 3. The van der Waals surface area contributed by atoms with E-state index in [9.17, 15) is 23.1 Å². The molecule has 31 heavy (non-hydrogen) atoms. The molecule has 0 aliphatic heterocycles. The van der Waals surface area contributed by atoms with Gasteiger partial charge in [-0.05, 0) is 43.0 Å². The van der Waals surface area contributed by atoms with Crippen molar-refractivity contribution in [3.63, 3.8) is 0 Å². The molecule has 0 saturated heterocycles. The van der Waals surface area contributed by atoms with Crippen LogP contribution in [0.4, 0.5) is 13.2 Å². The molecule has 1 atom stereocenters. The fourth-order valence-corrected chi connectivity index (χ4v) is 3.80. The number of carbonyl (C=O) groups excluding carboxylic acids is 1. The molecule has 0 radical (unpaired) electrons. The molecule has 0 aliphatic rings. The van der Waals surface area contributed by atoms with Crippen LogP contribution in [0, 0.1) is 20.8 Å². The van der Waals surface area contributed by atoms with Crippen LogP contribution in [0.25, 0.3) is 0 Å². The Morgan fingerprint density at radius 3 is 1.81 bits per heavy atom. The maximum absolute atomic E-state index is 13.3. The largest absolute Gasteiger partial charge is 0.471 e. The maximum atomic E-state index is 13.3. The molecule has 1 amide bonds. The number of benzene rings is 3. The standard InChI is InChI=1S/C25H24F3NO2/c1-16-8-6-11-19(14-16)24(31,20-12-7-9-17(2)15-20)22(29-23(30)25(26,27)28)21-13-5-4-10-18(21)3/h4-15,22,31H,1-3H3,(H,29,30). The van der Waals surface area contributed by atoms with Crippen molar-refractivity contribution < 1.29 is 23.1 Å². The van der Waals surface area contributed by atoms with Gasteiger partial charge in [-0.25, -0.2) is 0 Å². The third kappa shape index (κ3) is 4.64. The number of nitrogens with one attached hydrogen (secondary N) is 1. The molecule has 6 heteroatoms. The minimum atomic E-state index is -5.10. The lowest BCUT2D eigenvalue weighted by Gasteiger charge is -2.39. The van der Waals surface area contributed by atoms with Crippen LogP contribution in [0.1, 0.15) is 39.4 Å². The van der Waals surface area contributed by atoms with Gasteiger partial charge in [0, 0.05) is 0 Å². The topological polar surface area (TPSA) is 49.3 Å². The molecule has 162 valence electrons. The van der Waals surface area contributed by atoms with Crippen LogP contribution in [0.15, 0.2) is 72.8 Å². The van der Waals surface area contributed by atoms with E-state index in [1.807, 2.05) is 26.0 Å². The van der Waals surface area contributed by atoms with E-state index >= 15 is 0 Å². The minimum absolute atomic E-state index is 0.383. The van der Waals surface area contributed by atoms with Crippen LogP contribution in [0.2, 0.25) is 0 Å². The van der Waals surface area contributed by atoms with Gasteiger partial charge in [-0.1, -0.05) is 83.9 Å². The quantitative estimate of drug-likeness (QED) is 0.583. The molecule has 3 aromatic carbocycles. The molecule has 3 nitrogen and oxygen atoms in total. The Morgan fingerprint density at radius 1 is 0.839 bits per heavy atom. The van der Waals surface area contributed by atoms with E-state index in [1.54, 1.807) is 67.6 Å². The van der Waals surface area contributed by atoms with Gasteiger partial charge in [0.05, 0.1) is 6.04 Å². The summed E-state index contributed by atoms with van der Waals surface area (Å²) in [6.45, 7) is 5.39. The average molecular weight is 427 g/mol. The molecular formula is C25H24F3NO2. The van der Waals surface area contributed by atoms with Crippen molar-refractivity contribution >= 4 is 5.91 Å². The first-order valence-corrected chi connectivity index (χ1v) is 9.83. The summed E-state index contributed by atoms with van der Waals surface area (Å²) in [5.41, 5.74) is 1.51. The Morgan fingerprint density at radius 2 is 1.35 bits per heavy atom. The van der Waals surface area contributed by atoms with Crippen molar-refractivity contribution in [2.75, 3.05) is 0 Å². The number of aliphatic hydroxyl groups is 1. The third-order valence-corrected chi connectivity index (χ3v) is 5.37. The normalized spacial score (nSPS) is 13.0. The van der Waals surface area contributed by atoms with E-state index < -0.39 is 23.7 Å². The summed E-state index contributed by atoms with van der Waals surface area (Å²) in [7, 11) is 0. The van der Waals surface area contributed by atoms with Gasteiger partial charge in [-0.3, -0.25) is 4.79 Å². The lowest BCUT2D eigenvalue weighted by molar-refractivity contribution is -0.176. The Bertz CT molecular complexity index is 1050. The zero-order valence-electron chi connectivity index (χ0n) is 17.5. The SMILES string of the molecule is Cc1cccc(C(O)(c2cccc(C)c2)C(NC(=O)C(F)(F)F)c2ccccc2C)c1. The maximum Gasteiger partial charge on any atom is 0.471 e. The highest BCUT2D eigenvalue weighted by atomic mass is 19.4. The van der Waals surface area contributed by atoms with Crippen LogP contribution in [0.5, 0.6) is 0 Å². The zero-order valence-corrected chi connectivity index (χ0v) is 17.5. The Hall–Kier alpha value is -3.12. The van der Waals surface area contributed by atoms with Gasteiger partial charge in [0.2, 0.25) is 0 Å². The van der Waals surface area contributed by atoms with Crippen molar-refractivity contribution in [1.82, 2.24) is 5.32 Å². The summed E-state index contributed by atoms with van der Waals surface area (Å²) < 4.78 is 39.8. The highest BCUT2D eigenvalue weighted by Crippen LogP contribution is 2.43. The molecule has 0 aliphatic carbocycles. The van der Waals surface area contributed by atoms with Gasteiger partial charge in [0.15, 0.2) is 0 Å². The Kier molecular flexibility index (Phi) is 6.23. The summed E-state index contributed by atoms with van der Waals surface area (Å²) in [4.78, 5) is 12.1. The van der Waals surface area contributed by atoms with Crippen LogP contribution in [-0.4, -0.2) is 17.2 Å². The first-order valence-electron chi connectivity index (χ1n) is 9.83. The van der Waals surface area contributed by atoms with E-state index in [0.717, 1.165) is 11.1 Å². The number of hydrogen-bond donors (Lipinski definition) is 2. The average Bonchev–Trinajstić information content (AvgIpc) is 2.71. The predicted molar refractivity (Wildman–Crippen MR) is 113 cm³/mol. The smallest absolute Gasteiger partial charge is 0.378 e. The van der Waals surface area contributed by atoms with Crippen LogP contribution < -0.4 is 5.32 Å². The van der Waals surface area contributed by atoms with Crippen LogP contribution >= 0.6 is 0 Å². The van der Waals surface area contributed by atoms with Crippen molar-refractivity contribution in [3.05, 3.63) is 106 Å². The molecule has 0 aromatic heterocycles. The van der Waals surface area contributed by atoms with Gasteiger partial charge < -0.3 is 10.4 Å². The first kappa shape index (κ1) is 22.6. The van der Waals surface area contributed by atoms with Crippen LogP contribution in [0.3, 0.4) is 0 Å². The summed E-state index contributed by atoms with van der Waals surface area (Å²) in [5, 5.41) is 14.2. The zero-order chi connectivity index (χ0) is 22.8. The van der Waals surface area contributed by atoms with E-state index in [0.29, 0.717) is 22.3 Å². The molecule has 1 unspecified atom stereocenters. The van der Waals surface area contributed by atoms with E-state index in [1.165, 1.54) is 0 Å². The monoisotopic (exact) mass is 427 g/mol. The van der Waals surface area contributed by atoms with Crippen molar-refractivity contribution in [2.24, 2.45) is 0 Å². The highest BCUT2D eigenvalue weighted by Gasteiger charge is 2.47. The second-order valence-corrected chi connectivity index (χ2v) is 7.77. The van der Waals surface area contributed by atoms with Crippen molar-refractivity contribution in [2.45, 2.75) is 38.6 Å². The summed E-state index contributed by atoms with van der Waals surface area (Å²) in [6.07, 6.45) is -5.10. The number of alkyl halides is 3. The summed E-state index contributed by atoms with van der Waals surface area (Å²) >= 11 is 0. The van der Waals surface area contributed by atoms with Crippen molar-refractivity contribution in [1.29, 1.82) is 0 Å². The Labute approximate surface area is 179 Å². The number of hydrogen-bond acceptors (Lipinski definition) is 2. The molecule has 3 aromatic rings. The minimum Gasteiger partial charge on any atom is -0.378 e. The Balaban J connectivity index is 2.32. The highest BCUT2D eigenvalue weighted by molar-refractivity contribution is 5.82. The second-order valence-electron chi connectivity index (χ2n) is 7.77. The second kappa shape index (κ2) is 8.55. The molecular weight excluding hydrogens is 403 g/mol. The molecule has 2 N–H and O–H groups in total. The molecule has 0 saturated carbocycles. The molecule has 0 spiro atoms. The summed E-state index contributed by atoms with van der Waals surface area (Å²) in [6, 6.07) is 19.2. The van der Waals surface area contributed by atoms with Gasteiger partial charge in [0.1, 0.15) is 5.60 Å². The number of amides is 1. The molecule has 0 fully saturated rings. The van der Waals surface area contributed by atoms with E-state index in [-0.39, 0.29) is 0 Å². The lowest BCUT2D eigenvalue weighted by Crippen LogP contribution is -2.49. The number of carbonyl (C=O) groups is 1. The first-order chi connectivity index (χ1) is 14.5. The fourth-order valence-electron chi connectivity index (χ4n) is 3.80. The lowest BCUT2D eigenvalue weighted by atomic mass is 9.75. The third-order valence-electron chi connectivity index (χ3n) is 5.37. The molecule has 0 bridgehead atoms. The van der Waals surface area contributed by atoms with Crippen LogP contribution in [-0.2, 0) is 10.4 Å². The predicted octanol–water partition coefficient (Wildman–Crippen LogP) is 5.27. The fraction of sp³-hybridized carbons (Fsp3) is 0.240. The molecule has 3 rings (SSSR count). The number of rotatable bonds is 5. The van der Waals surface area contributed by atoms with Crippen molar-refractivity contribution in [3.8, 4) is 0 Å².